The second kappa shape index (κ2) is 8.39. The standard InChI is InChI=1S/C16H19N3O4S/c1-11(2)8-19-14(17-18-16(19)24-10-15(20)21)9-23-13-6-4-12(22-3)5-7-13/h4-7H,1,8-10H2,2-3H3,(H,20,21). The first kappa shape index (κ1) is 17.9. The van der Waals surface area contributed by atoms with Crippen LogP contribution in [0.3, 0.4) is 0 Å². The molecular weight excluding hydrogens is 330 g/mol. The van der Waals surface area contributed by atoms with E-state index in [2.05, 4.69) is 16.8 Å². The molecule has 1 N–H and O–H groups in total. The van der Waals surface area contributed by atoms with Gasteiger partial charge >= 0.3 is 5.97 Å². The summed E-state index contributed by atoms with van der Waals surface area (Å²) in [7, 11) is 1.60. The number of benzene rings is 1. The number of carboxylic acids is 1. The molecule has 0 atom stereocenters. The zero-order chi connectivity index (χ0) is 17.5. The molecule has 1 aromatic carbocycles. The van der Waals surface area contributed by atoms with Gasteiger partial charge in [0.1, 0.15) is 18.1 Å². The Morgan fingerprint density at radius 2 is 1.96 bits per heavy atom. The van der Waals surface area contributed by atoms with Crippen LogP contribution in [0.5, 0.6) is 11.5 Å². The average Bonchev–Trinajstić information content (AvgIpc) is 2.92. The number of allylic oxidation sites excluding steroid dienone is 1. The number of hydrogen-bond donors (Lipinski definition) is 1. The van der Waals surface area contributed by atoms with Gasteiger partial charge in [-0.1, -0.05) is 23.9 Å². The molecule has 0 aliphatic rings. The predicted molar refractivity (Wildman–Crippen MR) is 90.5 cm³/mol. The van der Waals surface area contributed by atoms with Gasteiger partial charge in [-0.15, -0.1) is 10.2 Å². The largest absolute Gasteiger partial charge is 0.497 e. The first-order valence-electron chi connectivity index (χ1n) is 7.17. The van der Waals surface area contributed by atoms with Crippen molar-refractivity contribution in [2.45, 2.75) is 25.2 Å². The van der Waals surface area contributed by atoms with Crippen LogP contribution < -0.4 is 9.47 Å². The number of thioether (sulfide) groups is 1. The number of nitrogens with zero attached hydrogens (tertiary/aromatic N) is 3. The number of ether oxygens (including phenoxy) is 2. The molecule has 0 fully saturated rings. The minimum Gasteiger partial charge on any atom is -0.497 e. The number of carboxylic acid groups (broad SMARTS) is 1. The summed E-state index contributed by atoms with van der Waals surface area (Å²) in [6.45, 7) is 6.51. The molecule has 1 heterocycles. The molecular formula is C16H19N3O4S. The summed E-state index contributed by atoms with van der Waals surface area (Å²) in [5.74, 6) is 1.07. The first-order valence-corrected chi connectivity index (χ1v) is 8.16. The Morgan fingerprint density at radius 3 is 2.54 bits per heavy atom. The monoisotopic (exact) mass is 349 g/mol. The smallest absolute Gasteiger partial charge is 0.313 e. The summed E-state index contributed by atoms with van der Waals surface area (Å²) >= 11 is 1.12. The van der Waals surface area contributed by atoms with Gasteiger partial charge in [-0.05, 0) is 31.2 Å². The van der Waals surface area contributed by atoms with Crippen LogP contribution in [-0.4, -0.2) is 38.7 Å². The van der Waals surface area contributed by atoms with Crippen molar-refractivity contribution >= 4 is 17.7 Å². The molecule has 128 valence electrons. The third-order valence-electron chi connectivity index (χ3n) is 2.97. The highest BCUT2D eigenvalue weighted by molar-refractivity contribution is 7.99. The van der Waals surface area contributed by atoms with E-state index < -0.39 is 5.97 Å². The molecule has 8 heteroatoms. The minimum absolute atomic E-state index is 0.0757. The second-order valence-corrected chi connectivity index (χ2v) is 6.03. The number of carbonyl (C=O) groups is 1. The molecule has 2 rings (SSSR count). The molecule has 0 saturated heterocycles. The topological polar surface area (TPSA) is 86.5 Å². The van der Waals surface area contributed by atoms with Crippen molar-refractivity contribution in [3.05, 3.63) is 42.2 Å². The van der Waals surface area contributed by atoms with Crippen LogP contribution in [-0.2, 0) is 17.9 Å². The van der Waals surface area contributed by atoms with Crippen LogP contribution >= 0.6 is 11.8 Å². The number of hydrogen-bond acceptors (Lipinski definition) is 6. The van der Waals surface area contributed by atoms with Gasteiger partial charge in [-0.25, -0.2) is 0 Å². The predicted octanol–water partition coefficient (Wildman–Crippen LogP) is 2.62. The van der Waals surface area contributed by atoms with E-state index in [0.29, 0.717) is 23.3 Å². The minimum atomic E-state index is -0.902. The molecule has 0 aliphatic carbocycles. The molecule has 0 radical (unpaired) electrons. The summed E-state index contributed by atoms with van der Waals surface area (Å²) in [6.07, 6.45) is 0. The lowest BCUT2D eigenvalue weighted by molar-refractivity contribution is -0.133. The SMILES string of the molecule is C=C(C)Cn1c(COc2ccc(OC)cc2)nnc1SCC(=O)O. The van der Waals surface area contributed by atoms with E-state index in [1.54, 1.807) is 19.2 Å². The van der Waals surface area contributed by atoms with Crippen LogP contribution in [0.4, 0.5) is 0 Å². The average molecular weight is 349 g/mol. The van der Waals surface area contributed by atoms with Crippen molar-refractivity contribution in [2.75, 3.05) is 12.9 Å². The zero-order valence-corrected chi connectivity index (χ0v) is 14.4. The Balaban J connectivity index is 2.09. The van der Waals surface area contributed by atoms with Gasteiger partial charge in [0.15, 0.2) is 11.0 Å². The highest BCUT2D eigenvalue weighted by Gasteiger charge is 2.14. The fourth-order valence-electron chi connectivity index (χ4n) is 1.91. The Morgan fingerprint density at radius 1 is 1.29 bits per heavy atom. The third-order valence-corrected chi connectivity index (χ3v) is 3.93. The summed E-state index contributed by atoms with van der Waals surface area (Å²) in [5, 5.41) is 17.5. The van der Waals surface area contributed by atoms with Crippen molar-refractivity contribution in [2.24, 2.45) is 0 Å². The Kier molecular flexibility index (Phi) is 6.25. The Hall–Kier alpha value is -2.48. The molecule has 1 aromatic heterocycles. The number of aliphatic carboxylic acids is 1. The molecule has 0 aliphatic heterocycles. The molecule has 0 unspecified atom stereocenters. The maximum absolute atomic E-state index is 10.7. The quantitative estimate of drug-likeness (QED) is 0.550. The van der Waals surface area contributed by atoms with Crippen LogP contribution in [0.1, 0.15) is 12.7 Å². The van der Waals surface area contributed by atoms with Crippen molar-refractivity contribution in [1.29, 1.82) is 0 Å². The summed E-state index contributed by atoms with van der Waals surface area (Å²) in [6, 6.07) is 7.22. The van der Waals surface area contributed by atoms with E-state index in [0.717, 1.165) is 23.1 Å². The zero-order valence-electron chi connectivity index (χ0n) is 13.6. The maximum Gasteiger partial charge on any atom is 0.313 e. The third kappa shape index (κ3) is 5.02. The van der Waals surface area contributed by atoms with Crippen LogP contribution in [0, 0.1) is 0 Å². The lowest BCUT2D eigenvalue weighted by Crippen LogP contribution is -2.10. The molecule has 2 aromatic rings. The van der Waals surface area contributed by atoms with Crippen molar-refractivity contribution in [1.82, 2.24) is 14.8 Å². The van der Waals surface area contributed by atoms with Gasteiger partial charge < -0.3 is 14.6 Å². The van der Waals surface area contributed by atoms with Gasteiger partial charge in [0.05, 0.1) is 12.9 Å². The molecule has 0 bridgehead atoms. The Bertz CT molecular complexity index is 713. The molecule has 7 nitrogen and oxygen atoms in total. The summed E-state index contributed by atoms with van der Waals surface area (Å²) in [4.78, 5) is 10.7. The van der Waals surface area contributed by atoms with Gasteiger partial charge in [0.25, 0.3) is 0 Å². The number of rotatable bonds is 9. The highest BCUT2D eigenvalue weighted by Crippen LogP contribution is 2.21. The summed E-state index contributed by atoms with van der Waals surface area (Å²) < 4.78 is 12.6. The van der Waals surface area contributed by atoms with Crippen molar-refractivity contribution in [3.63, 3.8) is 0 Å². The first-order chi connectivity index (χ1) is 11.5. The van der Waals surface area contributed by atoms with E-state index in [1.807, 2.05) is 23.6 Å². The Labute approximate surface area is 144 Å². The van der Waals surface area contributed by atoms with Crippen molar-refractivity contribution < 1.29 is 19.4 Å². The number of methoxy groups -OCH3 is 1. The normalized spacial score (nSPS) is 10.4. The lowest BCUT2D eigenvalue weighted by atomic mass is 10.3. The fraction of sp³-hybridized carbons (Fsp3) is 0.312. The van der Waals surface area contributed by atoms with Crippen molar-refractivity contribution in [3.8, 4) is 11.5 Å². The van der Waals surface area contributed by atoms with Crippen LogP contribution in [0.25, 0.3) is 0 Å². The van der Waals surface area contributed by atoms with E-state index in [-0.39, 0.29) is 12.4 Å². The molecule has 0 saturated carbocycles. The van der Waals surface area contributed by atoms with Crippen LogP contribution in [0.2, 0.25) is 0 Å². The lowest BCUT2D eigenvalue weighted by Gasteiger charge is -2.11. The summed E-state index contributed by atoms with van der Waals surface area (Å²) in [5.41, 5.74) is 0.915. The van der Waals surface area contributed by atoms with E-state index >= 15 is 0 Å². The maximum atomic E-state index is 10.7. The molecule has 0 spiro atoms. The van der Waals surface area contributed by atoms with Gasteiger partial charge in [-0.2, -0.15) is 0 Å². The fourth-order valence-corrected chi connectivity index (χ4v) is 2.58. The van der Waals surface area contributed by atoms with E-state index in [9.17, 15) is 4.79 Å². The molecule has 24 heavy (non-hydrogen) atoms. The second-order valence-electron chi connectivity index (χ2n) is 5.09. The van der Waals surface area contributed by atoms with Gasteiger partial charge in [0, 0.05) is 6.54 Å². The van der Waals surface area contributed by atoms with Crippen LogP contribution in [0.15, 0.2) is 41.6 Å². The van der Waals surface area contributed by atoms with E-state index in [4.69, 9.17) is 14.6 Å². The van der Waals surface area contributed by atoms with Gasteiger partial charge in [0.2, 0.25) is 0 Å². The van der Waals surface area contributed by atoms with E-state index in [1.165, 1.54) is 0 Å². The number of aromatic nitrogens is 3. The highest BCUT2D eigenvalue weighted by atomic mass is 32.2. The molecule has 0 amide bonds. The van der Waals surface area contributed by atoms with Gasteiger partial charge in [-0.3, -0.25) is 9.36 Å².